The zero-order valence-corrected chi connectivity index (χ0v) is 2.86. The van der Waals surface area contributed by atoms with E-state index in [4.69, 9.17) is 9.90 Å². The summed E-state index contributed by atoms with van der Waals surface area (Å²) in [5.74, 6) is -0.833. The van der Waals surface area contributed by atoms with Gasteiger partial charge < -0.3 is 10.6 Å². The molecule has 0 aliphatic carbocycles. The van der Waals surface area contributed by atoms with Crippen molar-refractivity contribution in [3.8, 4) is 0 Å². The van der Waals surface area contributed by atoms with E-state index in [0.29, 0.717) is 0 Å². The molecular formula is C2H6O3. The third-order valence-electron chi connectivity index (χ3n) is 0. The van der Waals surface area contributed by atoms with Crippen molar-refractivity contribution in [1.82, 2.24) is 0 Å². The van der Waals surface area contributed by atoms with Crippen LogP contribution in [0.25, 0.3) is 0 Å². The first-order chi connectivity index (χ1) is 1.73. The maximum atomic E-state index is 9.00. The molecule has 0 radical (unpaired) electrons. The van der Waals surface area contributed by atoms with Crippen molar-refractivity contribution in [3.63, 3.8) is 0 Å². The van der Waals surface area contributed by atoms with Gasteiger partial charge in [-0.15, -0.1) is 0 Å². The third kappa shape index (κ3) is 21.6. The second-order valence-electron chi connectivity index (χ2n) is 0.519. The molecule has 0 bridgehead atoms. The fourth-order valence-corrected chi connectivity index (χ4v) is 0. The van der Waals surface area contributed by atoms with Crippen molar-refractivity contribution in [1.29, 1.82) is 0 Å². The molecule has 32 valence electrons. The molecule has 3 N–H and O–H groups in total. The number of rotatable bonds is 0. The molecule has 0 atom stereocenters. The first kappa shape index (κ1) is 8.83. The number of carbonyl (C=O) groups is 1. The van der Waals surface area contributed by atoms with Crippen LogP contribution >= 0.6 is 0 Å². The first-order valence-corrected chi connectivity index (χ1v) is 0.928. The van der Waals surface area contributed by atoms with E-state index in [2.05, 4.69) is 0 Å². The Balaban J connectivity index is 0. The average molecular weight is 78.1 g/mol. The van der Waals surface area contributed by atoms with Gasteiger partial charge in [0.05, 0.1) is 0 Å². The van der Waals surface area contributed by atoms with E-state index in [1.54, 1.807) is 0 Å². The SMILES string of the molecule is CC(=O)O.O. The van der Waals surface area contributed by atoms with Crippen LogP contribution in [0, 0.1) is 0 Å². The topological polar surface area (TPSA) is 68.8 Å². The maximum Gasteiger partial charge on any atom is 0.300 e. The lowest BCUT2D eigenvalue weighted by molar-refractivity contribution is -0.134. The van der Waals surface area contributed by atoms with Crippen molar-refractivity contribution in [2.24, 2.45) is 0 Å². The second kappa shape index (κ2) is 3.43. The van der Waals surface area contributed by atoms with Gasteiger partial charge in [0.2, 0.25) is 0 Å². The van der Waals surface area contributed by atoms with Gasteiger partial charge in [0.15, 0.2) is 0 Å². The Morgan fingerprint density at radius 1 is 1.80 bits per heavy atom. The van der Waals surface area contributed by atoms with Crippen molar-refractivity contribution < 1.29 is 15.4 Å². The van der Waals surface area contributed by atoms with Gasteiger partial charge in [0, 0.05) is 6.92 Å². The minimum Gasteiger partial charge on any atom is -0.481 e. The average Bonchev–Trinajstić information content (AvgIpc) is 0.811. The molecule has 0 fully saturated rings. The molecule has 0 aromatic heterocycles. The van der Waals surface area contributed by atoms with Gasteiger partial charge in [-0.2, -0.15) is 0 Å². The highest BCUT2D eigenvalue weighted by atomic mass is 16.4. The lowest BCUT2D eigenvalue weighted by atomic mass is 10.9. The lowest BCUT2D eigenvalue weighted by Gasteiger charge is -1.59. The van der Waals surface area contributed by atoms with E-state index in [1.807, 2.05) is 0 Å². The van der Waals surface area contributed by atoms with Gasteiger partial charge in [0.1, 0.15) is 0 Å². The molecule has 5 heavy (non-hydrogen) atoms. The standard InChI is InChI=1S/C2H4O2.H2O/c1-2(3)4;/h1H3,(H,3,4);1H2. The Bertz CT molecular complexity index is 27.9. The fourth-order valence-electron chi connectivity index (χ4n) is 0. The summed E-state index contributed by atoms with van der Waals surface area (Å²) in [6, 6.07) is 0. The largest absolute Gasteiger partial charge is 0.481 e. The Labute approximate surface area is 29.5 Å². The third-order valence-corrected chi connectivity index (χ3v) is 0. The molecular weight excluding hydrogens is 72.0 g/mol. The van der Waals surface area contributed by atoms with Gasteiger partial charge in [-0.25, -0.2) is 0 Å². The van der Waals surface area contributed by atoms with Gasteiger partial charge in [-0.3, -0.25) is 4.79 Å². The quantitative estimate of drug-likeness (QED) is 0.415. The zero-order valence-electron chi connectivity index (χ0n) is 2.86. The van der Waals surface area contributed by atoms with Crippen LogP contribution in [-0.2, 0) is 4.79 Å². The Kier molecular flexibility index (Phi) is 6.05. The Morgan fingerprint density at radius 2 is 1.80 bits per heavy atom. The summed E-state index contributed by atoms with van der Waals surface area (Å²) in [7, 11) is 0. The fraction of sp³-hybridized carbons (Fsp3) is 0.500. The summed E-state index contributed by atoms with van der Waals surface area (Å²) in [5.41, 5.74) is 0. The smallest absolute Gasteiger partial charge is 0.300 e. The molecule has 0 aromatic carbocycles. The molecule has 3 heteroatoms. The summed E-state index contributed by atoms with van der Waals surface area (Å²) in [4.78, 5) is 9.00. The molecule has 0 saturated carbocycles. The highest BCUT2D eigenvalue weighted by Crippen LogP contribution is 1.42. The van der Waals surface area contributed by atoms with Crippen LogP contribution < -0.4 is 0 Å². The van der Waals surface area contributed by atoms with Crippen molar-refractivity contribution in [3.05, 3.63) is 0 Å². The molecule has 3 nitrogen and oxygen atoms in total. The molecule has 0 aliphatic rings. The minimum absolute atomic E-state index is 0. The predicted molar refractivity (Wildman–Crippen MR) is 16.9 cm³/mol. The van der Waals surface area contributed by atoms with Crippen LogP contribution in [0.15, 0.2) is 0 Å². The normalized spacial score (nSPS) is 5.00. The van der Waals surface area contributed by atoms with Crippen LogP contribution in [0.3, 0.4) is 0 Å². The number of hydrogen-bond acceptors (Lipinski definition) is 1. The van der Waals surface area contributed by atoms with E-state index in [1.165, 1.54) is 0 Å². The number of carboxylic acids is 1. The van der Waals surface area contributed by atoms with E-state index >= 15 is 0 Å². The maximum absolute atomic E-state index is 9.00. The van der Waals surface area contributed by atoms with Crippen molar-refractivity contribution in [2.45, 2.75) is 6.92 Å². The van der Waals surface area contributed by atoms with Crippen LogP contribution in [0.5, 0.6) is 0 Å². The molecule has 0 saturated heterocycles. The number of hydrogen-bond donors (Lipinski definition) is 1. The monoisotopic (exact) mass is 78.0 g/mol. The highest BCUT2D eigenvalue weighted by molar-refractivity contribution is 5.62. The number of aliphatic carboxylic acids is 1. The van der Waals surface area contributed by atoms with Crippen LogP contribution in [0.2, 0.25) is 0 Å². The van der Waals surface area contributed by atoms with Crippen LogP contribution in [0.1, 0.15) is 6.92 Å². The van der Waals surface area contributed by atoms with Crippen molar-refractivity contribution >= 4 is 5.97 Å². The van der Waals surface area contributed by atoms with E-state index in [0.717, 1.165) is 6.92 Å². The summed E-state index contributed by atoms with van der Waals surface area (Å²) in [6.07, 6.45) is 0. The summed E-state index contributed by atoms with van der Waals surface area (Å²) < 4.78 is 0. The predicted octanol–water partition coefficient (Wildman–Crippen LogP) is -0.734. The molecule has 0 aliphatic heterocycles. The van der Waals surface area contributed by atoms with Crippen LogP contribution in [-0.4, -0.2) is 16.6 Å². The van der Waals surface area contributed by atoms with Crippen LogP contribution in [0.4, 0.5) is 0 Å². The molecule has 0 unspecified atom stereocenters. The summed E-state index contributed by atoms with van der Waals surface area (Å²) in [6.45, 7) is 1.08. The van der Waals surface area contributed by atoms with E-state index in [-0.39, 0.29) is 5.48 Å². The second-order valence-corrected chi connectivity index (χ2v) is 0.519. The summed E-state index contributed by atoms with van der Waals surface area (Å²) in [5, 5.41) is 7.42. The Hall–Kier alpha value is -0.570. The first-order valence-electron chi connectivity index (χ1n) is 0.928. The summed E-state index contributed by atoms with van der Waals surface area (Å²) >= 11 is 0. The molecule has 0 aromatic rings. The highest BCUT2D eigenvalue weighted by Gasteiger charge is 1.65. The zero-order chi connectivity index (χ0) is 3.58. The van der Waals surface area contributed by atoms with Gasteiger partial charge in [-0.1, -0.05) is 0 Å². The molecule has 0 amide bonds. The van der Waals surface area contributed by atoms with Gasteiger partial charge >= 0.3 is 0 Å². The lowest BCUT2D eigenvalue weighted by Crippen LogP contribution is -1.78. The molecule has 0 spiro atoms. The van der Waals surface area contributed by atoms with E-state index in [9.17, 15) is 0 Å². The Morgan fingerprint density at radius 3 is 1.80 bits per heavy atom. The van der Waals surface area contributed by atoms with Gasteiger partial charge in [0.25, 0.3) is 5.97 Å². The minimum atomic E-state index is -0.833. The molecule has 0 heterocycles. The van der Waals surface area contributed by atoms with Gasteiger partial charge in [-0.05, 0) is 0 Å². The number of carboxylic acid groups (broad SMARTS) is 1. The van der Waals surface area contributed by atoms with E-state index < -0.39 is 5.97 Å². The van der Waals surface area contributed by atoms with Crippen molar-refractivity contribution in [2.75, 3.05) is 0 Å². The molecule has 0 rings (SSSR count).